The summed E-state index contributed by atoms with van der Waals surface area (Å²) < 4.78 is 0. The van der Waals surface area contributed by atoms with Crippen LogP contribution in [0.3, 0.4) is 0 Å². The zero-order valence-electron chi connectivity index (χ0n) is 10.8. The molecule has 0 saturated carbocycles. The van der Waals surface area contributed by atoms with Crippen LogP contribution in [0.5, 0.6) is 0 Å². The minimum absolute atomic E-state index is 0.0557. The van der Waals surface area contributed by atoms with E-state index in [2.05, 4.69) is 17.1 Å². The highest BCUT2D eigenvalue weighted by molar-refractivity contribution is 7.99. The van der Waals surface area contributed by atoms with Crippen molar-refractivity contribution in [2.24, 2.45) is 0 Å². The number of carboxylic acid groups (broad SMARTS) is 1. The summed E-state index contributed by atoms with van der Waals surface area (Å²) >= 11 is 1.56. The molecule has 1 heterocycles. The first kappa shape index (κ1) is 13.8. The lowest BCUT2D eigenvalue weighted by atomic mass is 10.2. The third-order valence-electron chi connectivity index (χ3n) is 2.82. The third-order valence-corrected chi connectivity index (χ3v) is 4.01. The molecule has 0 atom stereocenters. The second kappa shape index (κ2) is 6.52. The summed E-state index contributed by atoms with van der Waals surface area (Å²) in [6, 6.07) is 7.53. The molecular weight excluding hydrogens is 260 g/mol. The number of aromatic carboxylic acids is 1. The van der Waals surface area contributed by atoms with Crippen molar-refractivity contribution in [2.75, 3.05) is 5.75 Å². The molecule has 0 radical (unpaired) electrons. The Bertz CT molecular complexity index is 587. The van der Waals surface area contributed by atoms with Gasteiger partial charge in [-0.2, -0.15) is 0 Å². The minimum atomic E-state index is -1.02. The number of fused-ring (bicyclic) bond motifs is 1. The van der Waals surface area contributed by atoms with E-state index in [0.29, 0.717) is 0 Å². The Kier molecular flexibility index (Phi) is 4.74. The maximum Gasteiger partial charge on any atom is 0.357 e. The van der Waals surface area contributed by atoms with Crippen LogP contribution in [-0.4, -0.2) is 27.0 Å². The first-order chi connectivity index (χ1) is 9.24. The quantitative estimate of drug-likeness (QED) is 0.645. The molecule has 100 valence electrons. The van der Waals surface area contributed by atoms with E-state index in [1.807, 2.05) is 24.3 Å². The molecule has 0 amide bonds. The van der Waals surface area contributed by atoms with Gasteiger partial charge < -0.3 is 5.11 Å². The molecule has 0 bridgehead atoms. The second-order valence-corrected chi connectivity index (χ2v) is 5.36. The Balaban J connectivity index is 2.35. The highest BCUT2D eigenvalue weighted by Crippen LogP contribution is 2.29. The van der Waals surface area contributed by atoms with Gasteiger partial charge in [0.15, 0.2) is 5.69 Å². The molecule has 0 aliphatic carbocycles. The number of hydrogen-bond donors (Lipinski definition) is 1. The molecule has 2 rings (SSSR count). The van der Waals surface area contributed by atoms with Gasteiger partial charge in [-0.3, -0.25) is 0 Å². The molecule has 0 saturated heterocycles. The highest BCUT2D eigenvalue weighted by Gasteiger charge is 2.16. The molecule has 0 aliphatic rings. The fourth-order valence-corrected chi connectivity index (χ4v) is 2.99. The van der Waals surface area contributed by atoms with E-state index in [4.69, 9.17) is 0 Å². The van der Waals surface area contributed by atoms with Crippen molar-refractivity contribution >= 4 is 28.6 Å². The normalized spacial score (nSPS) is 10.8. The van der Waals surface area contributed by atoms with Crippen LogP contribution in [0.15, 0.2) is 29.2 Å². The Hall–Kier alpha value is -1.62. The number of hydrogen-bond acceptors (Lipinski definition) is 4. The smallest absolute Gasteiger partial charge is 0.357 e. The first-order valence-corrected chi connectivity index (χ1v) is 7.34. The van der Waals surface area contributed by atoms with Gasteiger partial charge in [0.25, 0.3) is 0 Å². The van der Waals surface area contributed by atoms with Crippen LogP contribution in [0.25, 0.3) is 10.9 Å². The summed E-state index contributed by atoms with van der Waals surface area (Å²) in [6.45, 7) is 2.15. The Morgan fingerprint density at radius 2 is 2.05 bits per heavy atom. The SMILES string of the molecule is CCCCCSc1c(C(=O)O)nnc2ccccc12. The zero-order chi connectivity index (χ0) is 13.7. The average molecular weight is 276 g/mol. The van der Waals surface area contributed by atoms with Gasteiger partial charge in [-0.15, -0.1) is 22.0 Å². The molecule has 1 aromatic heterocycles. The third kappa shape index (κ3) is 3.23. The van der Waals surface area contributed by atoms with E-state index in [1.165, 1.54) is 0 Å². The predicted octanol–water partition coefficient (Wildman–Crippen LogP) is 3.61. The van der Waals surface area contributed by atoms with Crippen LogP contribution < -0.4 is 0 Å². The number of thioether (sulfide) groups is 1. The van der Waals surface area contributed by atoms with Gasteiger partial charge in [-0.25, -0.2) is 4.79 Å². The number of nitrogens with zero attached hydrogens (tertiary/aromatic N) is 2. The van der Waals surface area contributed by atoms with Crippen LogP contribution in [0.1, 0.15) is 36.7 Å². The summed E-state index contributed by atoms with van der Waals surface area (Å²) in [4.78, 5) is 12.0. The van der Waals surface area contributed by atoms with Crippen molar-refractivity contribution in [3.05, 3.63) is 30.0 Å². The maximum absolute atomic E-state index is 11.2. The number of carbonyl (C=O) groups is 1. The van der Waals surface area contributed by atoms with Crippen molar-refractivity contribution in [1.82, 2.24) is 10.2 Å². The van der Waals surface area contributed by atoms with Crippen molar-refractivity contribution in [1.29, 1.82) is 0 Å². The topological polar surface area (TPSA) is 63.1 Å². The van der Waals surface area contributed by atoms with Crippen LogP contribution in [0, 0.1) is 0 Å². The molecule has 4 nitrogen and oxygen atoms in total. The van der Waals surface area contributed by atoms with Crippen molar-refractivity contribution in [3.8, 4) is 0 Å². The number of carboxylic acids is 1. The minimum Gasteiger partial charge on any atom is -0.476 e. The van der Waals surface area contributed by atoms with Crippen LogP contribution in [0.4, 0.5) is 0 Å². The standard InChI is InChI=1S/C14H16N2O2S/c1-2-3-6-9-19-13-10-7-4-5-8-11(10)15-16-12(13)14(17)18/h4-5,7-8H,2-3,6,9H2,1H3,(H,17,18). The lowest BCUT2D eigenvalue weighted by Gasteiger charge is -2.08. The number of benzene rings is 1. The predicted molar refractivity (Wildman–Crippen MR) is 76.7 cm³/mol. The fraction of sp³-hybridized carbons (Fsp3) is 0.357. The van der Waals surface area contributed by atoms with Crippen molar-refractivity contribution in [3.63, 3.8) is 0 Å². The molecular formula is C14H16N2O2S. The molecule has 19 heavy (non-hydrogen) atoms. The molecule has 0 fully saturated rings. The van der Waals surface area contributed by atoms with Crippen LogP contribution in [0.2, 0.25) is 0 Å². The van der Waals surface area contributed by atoms with Gasteiger partial charge in [0.1, 0.15) is 0 Å². The fourth-order valence-electron chi connectivity index (χ4n) is 1.84. The molecule has 1 aromatic carbocycles. The van der Waals surface area contributed by atoms with Gasteiger partial charge in [0, 0.05) is 5.39 Å². The van der Waals surface area contributed by atoms with Crippen LogP contribution >= 0.6 is 11.8 Å². The highest BCUT2D eigenvalue weighted by atomic mass is 32.2. The molecule has 2 aromatic rings. The maximum atomic E-state index is 11.2. The monoisotopic (exact) mass is 276 g/mol. The molecule has 5 heteroatoms. The number of unbranched alkanes of at least 4 members (excludes halogenated alkanes) is 2. The Labute approximate surface area is 116 Å². The van der Waals surface area contributed by atoms with E-state index < -0.39 is 5.97 Å². The zero-order valence-corrected chi connectivity index (χ0v) is 11.6. The summed E-state index contributed by atoms with van der Waals surface area (Å²) in [5, 5.41) is 17.9. The number of rotatable bonds is 6. The van der Waals surface area contributed by atoms with E-state index in [9.17, 15) is 9.90 Å². The van der Waals surface area contributed by atoms with E-state index in [-0.39, 0.29) is 5.69 Å². The van der Waals surface area contributed by atoms with Crippen LogP contribution in [-0.2, 0) is 0 Å². The number of aromatic nitrogens is 2. The largest absolute Gasteiger partial charge is 0.476 e. The van der Waals surface area contributed by atoms with Gasteiger partial charge in [0.2, 0.25) is 0 Å². The summed E-state index contributed by atoms with van der Waals surface area (Å²) in [7, 11) is 0. The molecule has 0 aliphatic heterocycles. The van der Waals surface area contributed by atoms with Crippen molar-refractivity contribution in [2.45, 2.75) is 31.1 Å². The Morgan fingerprint density at radius 1 is 1.26 bits per heavy atom. The lowest BCUT2D eigenvalue weighted by Crippen LogP contribution is -2.05. The van der Waals surface area contributed by atoms with E-state index in [0.717, 1.165) is 40.8 Å². The lowest BCUT2D eigenvalue weighted by molar-refractivity contribution is 0.0685. The molecule has 0 unspecified atom stereocenters. The molecule has 1 N–H and O–H groups in total. The average Bonchev–Trinajstić information content (AvgIpc) is 2.43. The van der Waals surface area contributed by atoms with Gasteiger partial charge in [-0.05, 0) is 18.2 Å². The van der Waals surface area contributed by atoms with E-state index in [1.54, 1.807) is 11.8 Å². The summed E-state index contributed by atoms with van der Waals surface area (Å²) in [5.74, 6) is -0.111. The molecule has 0 spiro atoms. The second-order valence-electron chi connectivity index (χ2n) is 4.26. The Morgan fingerprint density at radius 3 is 2.79 bits per heavy atom. The summed E-state index contributed by atoms with van der Waals surface area (Å²) in [6.07, 6.45) is 3.39. The first-order valence-electron chi connectivity index (χ1n) is 6.35. The van der Waals surface area contributed by atoms with Gasteiger partial charge in [-0.1, -0.05) is 38.0 Å². The summed E-state index contributed by atoms with van der Waals surface area (Å²) in [5.41, 5.74) is 0.797. The van der Waals surface area contributed by atoms with Gasteiger partial charge >= 0.3 is 5.97 Å². The van der Waals surface area contributed by atoms with Crippen molar-refractivity contribution < 1.29 is 9.90 Å². The van der Waals surface area contributed by atoms with E-state index >= 15 is 0 Å². The van der Waals surface area contributed by atoms with Gasteiger partial charge in [0.05, 0.1) is 10.4 Å².